The summed E-state index contributed by atoms with van der Waals surface area (Å²) in [4.78, 5) is 28.3. The second-order valence-electron chi connectivity index (χ2n) is 3.42. The molecule has 0 saturated carbocycles. The van der Waals surface area contributed by atoms with Crippen LogP contribution in [-0.2, 0) is 19.2 Å². The van der Waals surface area contributed by atoms with E-state index in [1.165, 1.54) is 6.08 Å². The standard InChI is InChI=1S/C12H15NO4/c1-4-6-16-13-9(5-2)11-10(14)7-8(3)17-12(11)15/h4,7,13H,1,5-6H2,2-3H3/b11-9-. The molecule has 1 heterocycles. The molecule has 0 fully saturated rings. The molecule has 92 valence electrons. The number of carbonyl (C=O) groups excluding carboxylic acids is 2. The maximum atomic E-state index is 11.7. The van der Waals surface area contributed by atoms with Gasteiger partial charge >= 0.3 is 5.97 Å². The Bertz CT molecular complexity index is 407. The van der Waals surface area contributed by atoms with Crippen LogP contribution in [-0.4, -0.2) is 18.4 Å². The molecule has 0 unspecified atom stereocenters. The predicted octanol–water partition coefficient (Wildman–Crippen LogP) is 1.39. The highest BCUT2D eigenvalue weighted by molar-refractivity contribution is 6.24. The lowest BCUT2D eigenvalue weighted by Crippen LogP contribution is -2.26. The number of hydroxylamine groups is 1. The number of nitrogens with one attached hydrogen (secondary N) is 1. The van der Waals surface area contributed by atoms with Crippen molar-refractivity contribution in [2.75, 3.05) is 6.61 Å². The third-order valence-electron chi connectivity index (χ3n) is 2.09. The molecule has 0 bridgehead atoms. The van der Waals surface area contributed by atoms with E-state index in [0.29, 0.717) is 17.9 Å². The lowest BCUT2D eigenvalue weighted by Gasteiger charge is -2.16. The van der Waals surface area contributed by atoms with Crippen LogP contribution in [0, 0.1) is 0 Å². The van der Waals surface area contributed by atoms with Gasteiger partial charge in [0.2, 0.25) is 0 Å². The molecule has 0 aliphatic carbocycles. The minimum Gasteiger partial charge on any atom is -0.427 e. The van der Waals surface area contributed by atoms with Gasteiger partial charge in [-0.2, -0.15) is 0 Å². The van der Waals surface area contributed by atoms with E-state index in [9.17, 15) is 9.59 Å². The van der Waals surface area contributed by atoms with Gasteiger partial charge in [0, 0.05) is 6.08 Å². The normalized spacial score (nSPS) is 18.4. The summed E-state index contributed by atoms with van der Waals surface area (Å²) in [6.07, 6.45) is 3.29. The Hall–Kier alpha value is -1.88. The van der Waals surface area contributed by atoms with Gasteiger partial charge in [0.1, 0.15) is 11.3 Å². The molecule has 0 atom stereocenters. The smallest absolute Gasteiger partial charge is 0.349 e. The van der Waals surface area contributed by atoms with Crippen LogP contribution in [0.1, 0.15) is 20.3 Å². The zero-order valence-electron chi connectivity index (χ0n) is 9.91. The Morgan fingerprint density at radius 2 is 2.29 bits per heavy atom. The summed E-state index contributed by atoms with van der Waals surface area (Å²) >= 11 is 0. The van der Waals surface area contributed by atoms with Crippen LogP contribution in [0.4, 0.5) is 0 Å². The van der Waals surface area contributed by atoms with E-state index >= 15 is 0 Å². The number of hydrogen-bond acceptors (Lipinski definition) is 5. The zero-order valence-corrected chi connectivity index (χ0v) is 9.91. The Balaban J connectivity index is 2.94. The van der Waals surface area contributed by atoms with Gasteiger partial charge in [-0.25, -0.2) is 4.79 Å². The van der Waals surface area contributed by atoms with E-state index in [1.807, 2.05) is 0 Å². The number of esters is 1. The van der Waals surface area contributed by atoms with E-state index in [0.717, 1.165) is 0 Å². The third-order valence-corrected chi connectivity index (χ3v) is 2.09. The molecule has 0 spiro atoms. The van der Waals surface area contributed by atoms with Crippen LogP contribution in [0.3, 0.4) is 0 Å². The highest BCUT2D eigenvalue weighted by Gasteiger charge is 2.27. The quantitative estimate of drug-likeness (QED) is 0.195. The van der Waals surface area contributed by atoms with Gasteiger partial charge in [0.25, 0.3) is 0 Å². The van der Waals surface area contributed by atoms with Crippen LogP contribution in [0.2, 0.25) is 0 Å². The van der Waals surface area contributed by atoms with Crippen LogP contribution >= 0.6 is 0 Å². The second-order valence-corrected chi connectivity index (χ2v) is 3.42. The molecule has 0 aromatic carbocycles. The number of ether oxygens (including phenoxy) is 1. The predicted molar refractivity (Wildman–Crippen MR) is 61.5 cm³/mol. The average molecular weight is 237 g/mol. The minimum atomic E-state index is -0.651. The molecule has 0 amide bonds. The molecular formula is C12H15NO4. The van der Waals surface area contributed by atoms with E-state index in [-0.39, 0.29) is 18.0 Å². The minimum absolute atomic E-state index is 0.0119. The fourth-order valence-electron chi connectivity index (χ4n) is 1.34. The third kappa shape index (κ3) is 3.29. The maximum absolute atomic E-state index is 11.7. The van der Waals surface area contributed by atoms with E-state index < -0.39 is 5.97 Å². The van der Waals surface area contributed by atoms with Crippen molar-refractivity contribution < 1.29 is 19.2 Å². The Morgan fingerprint density at radius 3 is 2.82 bits per heavy atom. The summed E-state index contributed by atoms with van der Waals surface area (Å²) in [6, 6.07) is 0. The Labute approximate surface area is 99.7 Å². The first-order valence-electron chi connectivity index (χ1n) is 5.26. The summed E-state index contributed by atoms with van der Waals surface area (Å²) in [5.41, 5.74) is 2.97. The zero-order chi connectivity index (χ0) is 12.8. The fraction of sp³-hybridized carbons (Fsp3) is 0.333. The average Bonchev–Trinajstić information content (AvgIpc) is 2.25. The van der Waals surface area contributed by atoms with E-state index in [4.69, 9.17) is 9.57 Å². The first-order chi connectivity index (χ1) is 8.10. The molecule has 1 aliphatic heterocycles. The molecule has 0 aromatic rings. The van der Waals surface area contributed by atoms with Crippen molar-refractivity contribution in [1.82, 2.24) is 5.48 Å². The summed E-state index contributed by atoms with van der Waals surface area (Å²) < 4.78 is 4.89. The maximum Gasteiger partial charge on any atom is 0.349 e. The summed E-state index contributed by atoms with van der Waals surface area (Å²) in [7, 11) is 0. The first-order valence-corrected chi connectivity index (χ1v) is 5.26. The van der Waals surface area contributed by atoms with Crippen molar-refractivity contribution in [1.29, 1.82) is 0 Å². The number of rotatable bonds is 5. The fourth-order valence-corrected chi connectivity index (χ4v) is 1.34. The van der Waals surface area contributed by atoms with Gasteiger partial charge in [-0.3, -0.25) is 15.1 Å². The number of allylic oxidation sites excluding steroid dienone is 3. The molecule has 0 saturated heterocycles. The van der Waals surface area contributed by atoms with Crippen molar-refractivity contribution in [2.45, 2.75) is 20.3 Å². The number of ketones is 1. The van der Waals surface area contributed by atoms with Gasteiger partial charge in [0.15, 0.2) is 5.78 Å². The van der Waals surface area contributed by atoms with Crippen molar-refractivity contribution in [3.05, 3.63) is 35.8 Å². The van der Waals surface area contributed by atoms with Crippen LogP contribution in [0.15, 0.2) is 35.8 Å². The van der Waals surface area contributed by atoms with Gasteiger partial charge in [-0.1, -0.05) is 13.0 Å². The van der Waals surface area contributed by atoms with Crippen molar-refractivity contribution in [3.63, 3.8) is 0 Å². The SMILES string of the molecule is C=CCON/C(CC)=C1/C(=O)C=C(C)OC1=O. The lowest BCUT2D eigenvalue weighted by molar-refractivity contribution is -0.137. The number of carbonyl (C=O) groups is 2. The second kappa shape index (κ2) is 6.00. The molecule has 5 nitrogen and oxygen atoms in total. The molecule has 17 heavy (non-hydrogen) atoms. The van der Waals surface area contributed by atoms with Gasteiger partial charge < -0.3 is 4.74 Å². The van der Waals surface area contributed by atoms with Gasteiger partial charge in [0.05, 0.1) is 12.3 Å². The first kappa shape index (κ1) is 13.2. The van der Waals surface area contributed by atoms with Crippen LogP contribution < -0.4 is 5.48 Å². The monoisotopic (exact) mass is 237 g/mol. The molecular weight excluding hydrogens is 222 g/mol. The van der Waals surface area contributed by atoms with E-state index in [1.54, 1.807) is 19.9 Å². The highest BCUT2D eigenvalue weighted by atomic mass is 16.6. The van der Waals surface area contributed by atoms with Crippen molar-refractivity contribution in [3.8, 4) is 0 Å². The molecule has 0 aromatic heterocycles. The topological polar surface area (TPSA) is 64.6 Å². The Kier molecular flexibility index (Phi) is 4.66. The van der Waals surface area contributed by atoms with Gasteiger partial charge in [-0.15, -0.1) is 6.58 Å². The Morgan fingerprint density at radius 1 is 1.59 bits per heavy atom. The molecule has 5 heteroatoms. The van der Waals surface area contributed by atoms with Crippen molar-refractivity contribution in [2.24, 2.45) is 0 Å². The largest absolute Gasteiger partial charge is 0.427 e. The molecule has 1 N–H and O–H groups in total. The number of hydrogen-bond donors (Lipinski definition) is 1. The van der Waals surface area contributed by atoms with Crippen molar-refractivity contribution >= 4 is 11.8 Å². The van der Waals surface area contributed by atoms with Crippen LogP contribution in [0.5, 0.6) is 0 Å². The summed E-state index contributed by atoms with van der Waals surface area (Å²) in [6.45, 7) is 7.12. The molecule has 0 radical (unpaired) electrons. The van der Waals surface area contributed by atoms with E-state index in [2.05, 4.69) is 12.1 Å². The number of cyclic esters (lactones) is 1. The van der Waals surface area contributed by atoms with Gasteiger partial charge in [-0.05, 0) is 13.3 Å². The highest BCUT2D eigenvalue weighted by Crippen LogP contribution is 2.17. The molecule has 1 rings (SSSR count). The molecule has 1 aliphatic rings. The summed E-state index contributed by atoms with van der Waals surface area (Å²) in [5.74, 6) is -0.724. The lowest BCUT2D eigenvalue weighted by atomic mass is 10.1. The van der Waals surface area contributed by atoms with Crippen LogP contribution in [0.25, 0.3) is 0 Å². The summed E-state index contributed by atoms with van der Waals surface area (Å²) in [5, 5.41) is 0.